The predicted molar refractivity (Wildman–Crippen MR) is 122 cm³/mol. The van der Waals surface area contributed by atoms with Crippen LogP contribution >= 0.6 is 0 Å². The molecule has 0 bridgehead atoms. The first-order valence-electron chi connectivity index (χ1n) is 11.1. The average Bonchev–Trinajstić information content (AvgIpc) is 2.86. The molecule has 3 aromatic carbocycles. The molecule has 0 aliphatic heterocycles. The smallest absolute Gasteiger partial charge is 0.341 e. The summed E-state index contributed by atoms with van der Waals surface area (Å²) in [6.07, 6.45) is 1.82. The summed E-state index contributed by atoms with van der Waals surface area (Å²) >= 11 is 0. The highest BCUT2D eigenvalue weighted by Crippen LogP contribution is 2.37. The highest BCUT2D eigenvalue weighted by Gasteiger charge is 2.28. The van der Waals surface area contributed by atoms with Gasteiger partial charge in [0, 0.05) is 11.6 Å². The molecule has 0 saturated heterocycles. The van der Waals surface area contributed by atoms with Gasteiger partial charge in [-0.2, -0.15) is 0 Å². The Balaban J connectivity index is 1.41. The average molecular weight is 470 g/mol. The monoisotopic (exact) mass is 470 g/mol. The molecular formula is C27H25F3O4. The summed E-state index contributed by atoms with van der Waals surface area (Å²) in [5.41, 5.74) is 0.658. The van der Waals surface area contributed by atoms with Gasteiger partial charge in [-0.3, -0.25) is 0 Å². The van der Waals surface area contributed by atoms with Crippen LogP contribution in [-0.2, 0) is 4.74 Å². The predicted octanol–water partition coefficient (Wildman–Crippen LogP) is 6.67. The minimum absolute atomic E-state index is 0.00109. The van der Waals surface area contributed by atoms with Crippen molar-refractivity contribution in [3.05, 3.63) is 83.2 Å². The van der Waals surface area contributed by atoms with E-state index in [1.165, 1.54) is 32.4 Å². The van der Waals surface area contributed by atoms with Crippen molar-refractivity contribution < 1.29 is 32.2 Å². The van der Waals surface area contributed by atoms with Gasteiger partial charge in [-0.05, 0) is 67.0 Å². The molecule has 1 aliphatic rings. The molecule has 0 aromatic heterocycles. The van der Waals surface area contributed by atoms with Crippen molar-refractivity contribution in [3.63, 3.8) is 0 Å². The summed E-state index contributed by atoms with van der Waals surface area (Å²) in [6, 6.07) is 13.9. The van der Waals surface area contributed by atoms with Crippen molar-refractivity contribution in [1.82, 2.24) is 0 Å². The Bertz CT molecular complexity index is 1170. The highest BCUT2D eigenvalue weighted by molar-refractivity contribution is 5.90. The maximum Gasteiger partial charge on any atom is 0.341 e. The molecule has 0 heterocycles. The number of hydrogen-bond donors (Lipinski definition) is 0. The SMILES string of the molecule is COc1ccc(-c2ccc(C(=O)OC3CCC(c4ccc(OC)cc4F)CC3)c(F)c2F)cc1. The van der Waals surface area contributed by atoms with Gasteiger partial charge >= 0.3 is 5.97 Å². The Kier molecular flexibility index (Phi) is 7.10. The highest BCUT2D eigenvalue weighted by atomic mass is 19.2. The summed E-state index contributed by atoms with van der Waals surface area (Å²) < 4.78 is 59.4. The van der Waals surface area contributed by atoms with Gasteiger partial charge in [0.25, 0.3) is 0 Å². The summed E-state index contributed by atoms with van der Waals surface area (Å²) in [4.78, 5) is 12.6. The van der Waals surface area contributed by atoms with Crippen LogP contribution in [0.15, 0.2) is 54.6 Å². The van der Waals surface area contributed by atoms with Crippen molar-refractivity contribution in [2.75, 3.05) is 14.2 Å². The number of hydrogen-bond acceptors (Lipinski definition) is 4. The molecular weight excluding hydrogens is 445 g/mol. The lowest BCUT2D eigenvalue weighted by Gasteiger charge is -2.29. The van der Waals surface area contributed by atoms with Crippen LogP contribution in [0.3, 0.4) is 0 Å². The van der Waals surface area contributed by atoms with Gasteiger partial charge in [0.1, 0.15) is 23.4 Å². The minimum Gasteiger partial charge on any atom is -0.497 e. The molecule has 1 aliphatic carbocycles. The molecule has 4 nitrogen and oxygen atoms in total. The van der Waals surface area contributed by atoms with E-state index >= 15 is 0 Å². The molecule has 3 aromatic rings. The van der Waals surface area contributed by atoms with E-state index in [2.05, 4.69) is 0 Å². The Morgan fingerprint density at radius 2 is 1.44 bits per heavy atom. The van der Waals surface area contributed by atoms with Gasteiger partial charge in [-0.1, -0.05) is 24.3 Å². The molecule has 34 heavy (non-hydrogen) atoms. The number of esters is 1. The Morgan fingerprint density at radius 3 is 2.06 bits per heavy atom. The normalized spacial score (nSPS) is 17.8. The summed E-state index contributed by atoms with van der Waals surface area (Å²) in [5.74, 6) is -2.54. The first-order chi connectivity index (χ1) is 16.4. The number of halogens is 3. The Hall–Kier alpha value is -3.48. The third-order valence-electron chi connectivity index (χ3n) is 6.30. The molecule has 0 amide bonds. The van der Waals surface area contributed by atoms with Gasteiger partial charge in [-0.15, -0.1) is 0 Å². The van der Waals surface area contributed by atoms with Gasteiger partial charge in [-0.25, -0.2) is 18.0 Å². The molecule has 0 spiro atoms. The van der Waals surface area contributed by atoms with Gasteiger partial charge in [0.2, 0.25) is 0 Å². The fourth-order valence-corrected chi connectivity index (χ4v) is 4.37. The number of ether oxygens (including phenoxy) is 3. The van der Waals surface area contributed by atoms with Crippen LogP contribution in [0.25, 0.3) is 11.1 Å². The number of carbonyl (C=O) groups is 1. The fourth-order valence-electron chi connectivity index (χ4n) is 4.37. The van der Waals surface area contributed by atoms with E-state index in [-0.39, 0.29) is 17.3 Å². The second-order valence-electron chi connectivity index (χ2n) is 8.28. The third-order valence-corrected chi connectivity index (χ3v) is 6.30. The molecule has 1 saturated carbocycles. The third kappa shape index (κ3) is 4.88. The Labute approximate surface area is 196 Å². The maximum absolute atomic E-state index is 14.7. The Morgan fingerprint density at radius 1 is 0.794 bits per heavy atom. The molecule has 4 rings (SSSR count). The molecule has 0 atom stereocenters. The van der Waals surface area contributed by atoms with Gasteiger partial charge in [0.05, 0.1) is 19.8 Å². The van der Waals surface area contributed by atoms with E-state index < -0.39 is 29.3 Å². The summed E-state index contributed by atoms with van der Waals surface area (Å²) in [6.45, 7) is 0. The molecule has 0 unspecified atom stereocenters. The molecule has 0 radical (unpaired) electrons. The van der Waals surface area contributed by atoms with Crippen LogP contribution in [0, 0.1) is 17.5 Å². The van der Waals surface area contributed by atoms with Crippen LogP contribution < -0.4 is 9.47 Å². The second-order valence-corrected chi connectivity index (χ2v) is 8.28. The lowest BCUT2D eigenvalue weighted by molar-refractivity contribution is 0.0188. The van der Waals surface area contributed by atoms with Gasteiger partial charge in [0.15, 0.2) is 11.6 Å². The topological polar surface area (TPSA) is 44.8 Å². The number of benzene rings is 3. The molecule has 1 fully saturated rings. The quantitative estimate of drug-likeness (QED) is 0.378. The number of rotatable bonds is 6. The van der Waals surface area contributed by atoms with Crippen LogP contribution in [-0.4, -0.2) is 26.3 Å². The van der Waals surface area contributed by atoms with E-state index in [4.69, 9.17) is 14.2 Å². The van der Waals surface area contributed by atoms with Crippen LogP contribution in [0.1, 0.15) is 47.5 Å². The van der Waals surface area contributed by atoms with Gasteiger partial charge < -0.3 is 14.2 Å². The van der Waals surface area contributed by atoms with E-state index in [1.54, 1.807) is 36.4 Å². The van der Waals surface area contributed by atoms with Crippen molar-refractivity contribution in [2.45, 2.75) is 37.7 Å². The van der Waals surface area contributed by atoms with Crippen LogP contribution in [0.5, 0.6) is 11.5 Å². The molecule has 7 heteroatoms. The zero-order valence-corrected chi connectivity index (χ0v) is 18.9. The second kappa shape index (κ2) is 10.2. The standard InChI is InChI=1S/C27H25F3O4/c1-32-18-7-3-17(4-8-18)22-13-14-23(26(30)25(22)29)27(31)34-19-9-5-16(6-10-19)21-12-11-20(33-2)15-24(21)28/h3-4,7-8,11-16,19H,5-6,9-10H2,1-2H3. The van der Waals surface area contributed by atoms with Crippen molar-refractivity contribution in [3.8, 4) is 22.6 Å². The van der Waals surface area contributed by atoms with E-state index in [0.717, 1.165) is 0 Å². The van der Waals surface area contributed by atoms with E-state index in [0.29, 0.717) is 48.3 Å². The largest absolute Gasteiger partial charge is 0.497 e. The lowest BCUT2D eigenvalue weighted by Crippen LogP contribution is -2.25. The minimum atomic E-state index is -1.24. The number of carbonyl (C=O) groups excluding carboxylic acids is 1. The number of methoxy groups -OCH3 is 2. The lowest BCUT2D eigenvalue weighted by atomic mass is 9.82. The van der Waals surface area contributed by atoms with E-state index in [1.807, 2.05) is 0 Å². The molecule has 0 N–H and O–H groups in total. The van der Waals surface area contributed by atoms with Crippen LogP contribution in [0.2, 0.25) is 0 Å². The zero-order valence-electron chi connectivity index (χ0n) is 18.9. The first kappa shape index (κ1) is 23.7. The van der Waals surface area contributed by atoms with Crippen LogP contribution in [0.4, 0.5) is 13.2 Å². The van der Waals surface area contributed by atoms with Crippen molar-refractivity contribution in [1.29, 1.82) is 0 Å². The van der Waals surface area contributed by atoms with E-state index in [9.17, 15) is 18.0 Å². The van der Waals surface area contributed by atoms with Crippen molar-refractivity contribution in [2.24, 2.45) is 0 Å². The maximum atomic E-state index is 14.7. The van der Waals surface area contributed by atoms with Crippen molar-refractivity contribution >= 4 is 5.97 Å². The molecule has 178 valence electrons. The fraction of sp³-hybridized carbons (Fsp3) is 0.296. The first-order valence-corrected chi connectivity index (χ1v) is 11.1. The zero-order chi connectivity index (χ0) is 24.2. The summed E-state index contributed by atoms with van der Waals surface area (Å²) in [5, 5.41) is 0. The summed E-state index contributed by atoms with van der Waals surface area (Å²) in [7, 11) is 2.99.